The monoisotopic (exact) mass is 306 g/mol. The van der Waals surface area contributed by atoms with Crippen molar-refractivity contribution in [3.63, 3.8) is 0 Å². The normalized spacial score (nSPS) is 20.9. The van der Waals surface area contributed by atoms with Gasteiger partial charge in [0.2, 0.25) is 0 Å². The third-order valence-electron chi connectivity index (χ3n) is 6.46. The molecule has 0 aliphatic heterocycles. The van der Waals surface area contributed by atoms with E-state index in [9.17, 15) is 0 Å². The quantitative estimate of drug-likeness (QED) is 0.548. The first kappa shape index (κ1) is 15.2. The standard InChI is InChI=1S/C23H30/c1-17-22(18-10-4-2-5-11-18)16-20-14-8-9-15-21(20)23(17)19-12-6-3-7-13-19/h8-9,14-16,18-19H,2-7,10-13H2,1H3. The lowest BCUT2D eigenvalue weighted by atomic mass is 9.75. The zero-order valence-corrected chi connectivity index (χ0v) is 14.6. The SMILES string of the molecule is Cc1c(C2CCCCC2)cc2ccccc2c1C1CCCCC1. The van der Waals surface area contributed by atoms with Crippen molar-refractivity contribution in [2.24, 2.45) is 0 Å². The van der Waals surface area contributed by atoms with Crippen LogP contribution in [0.5, 0.6) is 0 Å². The molecule has 0 spiro atoms. The molecule has 0 heterocycles. The van der Waals surface area contributed by atoms with E-state index in [1.54, 1.807) is 16.7 Å². The molecule has 2 aromatic rings. The molecule has 0 bridgehead atoms. The maximum atomic E-state index is 2.53. The molecule has 2 aliphatic rings. The molecule has 2 saturated carbocycles. The number of rotatable bonds is 2. The summed E-state index contributed by atoms with van der Waals surface area (Å²) >= 11 is 0. The van der Waals surface area contributed by atoms with E-state index in [4.69, 9.17) is 0 Å². The van der Waals surface area contributed by atoms with Gasteiger partial charge < -0.3 is 0 Å². The summed E-state index contributed by atoms with van der Waals surface area (Å²) in [6.07, 6.45) is 14.2. The van der Waals surface area contributed by atoms with Crippen LogP contribution < -0.4 is 0 Å². The Bertz CT molecular complexity index is 670. The van der Waals surface area contributed by atoms with Crippen LogP contribution in [0.15, 0.2) is 30.3 Å². The Morgan fingerprint density at radius 2 is 1.35 bits per heavy atom. The summed E-state index contributed by atoms with van der Waals surface area (Å²) in [5.41, 5.74) is 5.04. The predicted octanol–water partition coefficient (Wildman–Crippen LogP) is 7.24. The molecule has 23 heavy (non-hydrogen) atoms. The zero-order valence-electron chi connectivity index (χ0n) is 14.6. The van der Waals surface area contributed by atoms with Gasteiger partial charge in [0.05, 0.1) is 0 Å². The molecule has 2 aromatic carbocycles. The first-order valence-electron chi connectivity index (χ1n) is 9.87. The topological polar surface area (TPSA) is 0 Å². The second-order valence-corrected chi connectivity index (χ2v) is 7.90. The summed E-state index contributed by atoms with van der Waals surface area (Å²) in [5.74, 6) is 1.62. The predicted molar refractivity (Wildman–Crippen MR) is 100 cm³/mol. The van der Waals surface area contributed by atoms with Crippen LogP contribution in [0.3, 0.4) is 0 Å². The van der Waals surface area contributed by atoms with Gasteiger partial charge in [-0.25, -0.2) is 0 Å². The van der Waals surface area contributed by atoms with Crippen molar-refractivity contribution >= 4 is 10.8 Å². The Balaban J connectivity index is 1.85. The summed E-state index contributed by atoms with van der Waals surface area (Å²) in [7, 11) is 0. The van der Waals surface area contributed by atoms with Crippen LogP contribution in [0, 0.1) is 6.92 Å². The highest BCUT2D eigenvalue weighted by Crippen LogP contribution is 2.43. The van der Waals surface area contributed by atoms with Gasteiger partial charge >= 0.3 is 0 Å². The summed E-state index contributed by atoms with van der Waals surface area (Å²) in [5, 5.41) is 3.02. The van der Waals surface area contributed by atoms with Gasteiger partial charge in [-0.15, -0.1) is 0 Å². The number of benzene rings is 2. The lowest BCUT2D eigenvalue weighted by Crippen LogP contribution is -2.12. The van der Waals surface area contributed by atoms with Crippen LogP contribution in [-0.4, -0.2) is 0 Å². The van der Waals surface area contributed by atoms with Crippen molar-refractivity contribution in [1.29, 1.82) is 0 Å². The van der Waals surface area contributed by atoms with Gasteiger partial charge in [-0.2, -0.15) is 0 Å². The molecular formula is C23H30. The van der Waals surface area contributed by atoms with Crippen LogP contribution in [0.2, 0.25) is 0 Å². The van der Waals surface area contributed by atoms with Gasteiger partial charge in [-0.3, -0.25) is 0 Å². The van der Waals surface area contributed by atoms with E-state index in [0.29, 0.717) is 0 Å². The summed E-state index contributed by atoms with van der Waals surface area (Å²) < 4.78 is 0. The first-order chi connectivity index (χ1) is 11.3. The van der Waals surface area contributed by atoms with Gasteiger partial charge in [0.25, 0.3) is 0 Å². The maximum absolute atomic E-state index is 2.53. The van der Waals surface area contributed by atoms with Crippen molar-refractivity contribution < 1.29 is 0 Å². The Morgan fingerprint density at radius 3 is 2.04 bits per heavy atom. The average molecular weight is 306 g/mol. The minimum Gasteiger partial charge on any atom is -0.0616 e. The van der Waals surface area contributed by atoms with Crippen LogP contribution >= 0.6 is 0 Å². The van der Waals surface area contributed by atoms with E-state index in [0.717, 1.165) is 11.8 Å². The van der Waals surface area contributed by atoms with Crippen LogP contribution in [0.25, 0.3) is 10.8 Å². The molecule has 0 nitrogen and oxygen atoms in total. The van der Waals surface area contributed by atoms with Crippen molar-refractivity contribution in [3.8, 4) is 0 Å². The van der Waals surface area contributed by atoms with E-state index >= 15 is 0 Å². The zero-order chi connectivity index (χ0) is 15.6. The molecule has 0 unspecified atom stereocenters. The van der Waals surface area contributed by atoms with Crippen molar-refractivity contribution in [2.75, 3.05) is 0 Å². The molecule has 0 atom stereocenters. The summed E-state index contributed by atoms with van der Waals surface area (Å²) in [6, 6.07) is 11.7. The highest BCUT2D eigenvalue weighted by Gasteiger charge is 2.24. The van der Waals surface area contributed by atoms with Crippen LogP contribution in [0.1, 0.15) is 92.7 Å². The maximum Gasteiger partial charge on any atom is -0.0146 e. The third-order valence-corrected chi connectivity index (χ3v) is 6.46. The Hall–Kier alpha value is -1.30. The molecule has 0 saturated heterocycles. The van der Waals surface area contributed by atoms with Crippen LogP contribution in [0.4, 0.5) is 0 Å². The Morgan fingerprint density at radius 1 is 0.739 bits per heavy atom. The van der Waals surface area contributed by atoms with Gasteiger partial charge in [0.15, 0.2) is 0 Å². The molecule has 4 rings (SSSR count). The minimum absolute atomic E-state index is 0.803. The lowest BCUT2D eigenvalue weighted by Gasteiger charge is -2.30. The highest BCUT2D eigenvalue weighted by atomic mass is 14.3. The van der Waals surface area contributed by atoms with Crippen molar-refractivity contribution in [2.45, 2.75) is 83.0 Å². The van der Waals surface area contributed by atoms with Gasteiger partial charge in [-0.05, 0) is 71.9 Å². The molecule has 0 radical (unpaired) electrons. The van der Waals surface area contributed by atoms with E-state index in [1.165, 1.54) is 75.0 Å². The second kappa shape index (κ2) is 6.67. The fraction of sp³-hybridized carbons (Fsp3) is 0.565. The highest BCUT2D eigenvalue weighted by molar-refractivity contribution is 5.88. The minimum atomic E-state index is 0.803. The third kappa shape index (κ3) is 2.93. The molecule has 0 aromatic heterocycles. The van der Waals surface area contributed by atoms with Gasteiger partial charge in [0, 0.05) is 0 Å². The number of hydrogen-bond acceptors (Lipinski definition) is 0. The second-order valence-electron chi connectivity index (χ2n) is 7.90. The molecule has 2 fully saturated rings. The first-order valence-corrected chi connectivity index (χ1v) is 9.87. The van der Waals surface area contributed by atoms with E-state index in [-0.39, 0.29) is 0 Å². The van der Waals surface area contributed by atoms with Crippen LogP contribution in [-0.2, 0) is 0 Å². The lowest BCUT2D eigenvalue weighted by molar-refractivity contribution is 0.434. The smallest absolute Gasteiger partial charge is 0.0146 e. The molecule has 0 N–H and O–H groups in total. The molecule has 0 amide bonds. The fourth-order valence-electron chi connectivity index (χ4n) is 5.26. The fourth-order valence-corrected chi connectivity index (χ4v) is 5.26. The largest absolute Gasteiger partial charge is 0.0616 e. The van der Waals surface area contributed by atoms with E-state index < -0.39 is 0 Å². The molecular weight excluding hydrogens is 276 g/mol. The summed E-state index contributed by atoms with van der Waals surface area (Å²) in [4.78, 5) is 0. The molecule has 0 heteroatoms. The molecule has 122 valence electrons. The van der Waals surface area contributed by atoms with E-state index in [2.05, 4.69) is 37.3 Å². The Labute approximate surface area is 141 Å². The van der Waals surface area contributed by atoms with E-state index in [1.807, 2.05) is 0 Å². The number of fused-ring (bicyclic) bond motifs is 1. The summed E-state index contributed by atoms with van der Waals surface area (Å²) in [6.45, 7) is 2.43. The molecule has 2 aliphatic carbocycles. The Kier molecular flexibility index (Phi) is 4.42. The number of hydrogen-bond donors (Lipinski definition) is 0. The van der Waals surface area contributed by atoms with Gasteiger partial charge in [-0.1, -0.05) is 68.9 Å². The van der Waals surface area contributed by atoms with Crippen molar-refractivity contribution in [3.05, 3.63) is 47.0 Å². The van der Waals surface area contributed by atoms with Crippen molar-refractivity contribution in [1.82, 2.24) is 0 Å². The average Bonchev–Trinajstić information content (AvgIpc) is 2.63. The van der Waals surface area contributed by atoms with Gasteiger partial charge in [0.1, 0.15) is 0 Å².